The molecule has 0 radical (unpaired) electrons. The van der Waals surface area contributed by atoms with E-state index in [1.54, 1.807) is 0 Å². The summed E-state index contributed by atoms with van der Waals surface area (Å²) in [7, 11) is 0. The number of carbonyl (C=O) groups is 2. The smallest absolute Gasteiger partial charge is 0.312 e. The third-order valence-electron chi connectivity index (χ3n) is 1.20. The largest absolute Gasteiger partial charge is 0.368 e. The van der Waals surface area contributed by atoms with E-state index in [1.165, 1.54) is 0 Å². The highest BCUT2D eigenvalue weighted by Crippen LogP contribution is 1.94. The molecule has 6 heteroatoms. The summed E-state index contributed by atoms with van der Waals surface area (Å²) in [4.78, 5) is 20.9. The van der Waals surface area contributed by atoms with Crippen LogP contribution in [0.15, 0.2) is 0 Å². The number of hydrogen-bond donors (Lipinski definition) is 3. The van der Waals surface area contributed by atoms with E-state index < -0.39 is 18.0 Å². The SMILES string of the molecule is N#CCCC(NC(N)=O)C(N)=O. The lowest BCUT2D eigenvalue weighted by molar-refractivity contribution is -0.119. The number of hydrogen-bond acceptors (Lipinski definition) is 3. The van der Waals surface area contributed by atoms with Gasteiger partial charge in [-0.25, -0.2) is 4.79 Å². The van der Waals surface area contributed by atoms with E-state index in [4.69, 9.17) is 16.7 Å². The van der Waals surface area contributed by atoms with Crippen LogP contribution in [-0.2, 0) is 4.79 Å². The Labute approximate surface area is 69.5 Å². The van der Waals surface area contributed by atoms with E-state index in [1.807, 2.05) is 6.07 Å². The second-order valence-corrected chi connectivity index (χ2v) is 2.16. The summed E-state index contributed by atoms with van der Waals surface area (Å²) in [5, 5.41) is 10.3. The number of carbonyl (C=O) groups excluding carboxylic acids is 2. The van der Waals surface area contributed by atoms with Crippen molar-refractivity contribution in [2.24, 2.45) is 11.5 Å². The number of nitriles is 1. The second-order valence-electron chi connectivity index (χ2n) is 2.16. The Balaban J connectivity index is 3.97. The van der Waals surface area contributed by atoms with Crippen molar-refractivity contribution in [1.29, 1.82) is 5.26 Å². The van der Waals surface area contributed by atoms with Gasteiger partial charge in [-0.05, 0) is 6.42 Å². The van der Waals surface area contributed by atoms with Crippen LogP contribution in [0.3, 0.4) is 0 Å². The van der Waals surface area contributed by atoms with Crippen LogP contribution in [-0.4, -0.2) is 18.0 Å². The number of rotatable bonds is 4. The third-order valence-corrected chi connectivity index (χ3v) is 1.20. The molecule has 0 aliphatic heterocycles. The molecule has 0 aliphatic rings. The first-order valence-electron chi connectivity index (χ1n) is 3.30. The first-order chi connectivity index (χ1) is 5.57. The molecule has 0 spiro atoms. The Kier molecular flexibility index (Phi) is 4.23. The van der Waals surface area contributed by atoms with Crippen molar-refractivity contribution in [2.45, 2.75) is 18.9 Å². The quantitative estimate of drug-likeness (QED) is 0.491. The molecule has 0 rings (SSSR count). The summed E-state index contributed by atoms with van der Waals surface area (Å²) in [5.74, 6) is -0.691. The van der Waals surface area contributed by atoms with E-state index in [9.17, 15) is 9.59 Å². The molecule has 0 aromatic rings. The Morgan fingerprint density at radius 1 is 1.50 bits per heavy atom. The lowest BCUT2D eigenvalue weighted by atomic mass is 10.1. The van der Waals surface area contributed by atoms with Gasteiger partial charge in [0, 0.05) is 6.42 Å². The molecule has 0 saturated heterocycles. The summed E-state index contributed by atoms with van der Waals surface area (Å²) in [6.07, 6.45) is 0.336. The van der Waals surface area contributed by atoms with Crippen LogP contribution < -0.4 is 16.8 Å². The molecule has 0 heterocycles. The fourth-order valence-electron chi connectivity index (χ4n) is 0.666. The zero-order chi connectivity index (χ0) is 9.56. The number of nitrogens with zero attached hydrogens (tertiary/aromatic N) is 1. The van der Waals surface area contributed by atoms with Crippen molar-refractivity contribution in [3.63, 3.8) is 0 Å². The highest BCUT2D eigenvalue weighted by Gasteiger charge is 2.15. The van der Waals surface area contributed by atoms with Crippen LogP contribution in [0, 0.1) is 11.3 Å². The molecule has 0 fully saturated rings. The summed E-state index contributed by atoms with van der Waals surface area (Å²) < 4.78 is 0. The molecule has 0 bridgehead atoms. The molecule has 3 amide bonds. The second kappa shape index (κ2) is 4.96. The van der Waals surface area contributed by atoms with E-state index in [0.717, 1.165) is 0 Å². The maximum Gasteiger partial charge on any atom is 0.312 e. The van der Waals surface area contributed by atoms with Crippen molar-refractivity contribution in [2.75, 3.05) is 0 Å². The van der Waals surface area contributed by atoms with Gasteiger partial charge in [-0.1, -0.05) is 0 Å². The van der Waals surface area contributed by atoms with Crippen molar-refractivity contribution in [3.05, 3.63) is 0 Å². The van der Waals surface area contributed by atoms with Gasteiger partial charge in [-0.15, -0.1) is 0 Å². The minimum Gasteiger partial charge on any atom is -0.368 e. The standard InChI is InChI=1S/C6H10N4O2/c7-3-1-2-4(5(8)11)10-6(9)12/h4H,1-2H2,(H2,8,11)(H3,9,10,12). The molecule has 6 nitrogen and oxygen atoms in total. The monoisotopic (exact) mass is 170 g/mol. The molecule has 0 aromatic carbocycles. The number of primary amides is 2. The zero-order valence-corrected chi connectivity index (χ0v) is 6.41. The summed E-state index contributed by atoms with van der Waals surface area (Å²) in [6, 6.07) is 0.159. The number of nitrogens with two attached hydrogens (primary N) is 2. The number of amides is 3. The summed E-state index contributed by atoms with van der Waals surface area (Å²) in [6.45, 7) is 0. The summed E-state index contributed by atoms with van der Waals surface area (Å²) >= 11 is 0. The highest BCUT2D eigenvalue weighted by molar-refractivity contribution is 5.85. The third kappa shape index (κ3) is 4.11. The van der Waals surface area contributed by atoms with Gasteiger partial charge in [0.2, 0.25) is 5.91 Å². The van der Waals surface area contributed by atoms with Crippen molar-refractivity contribution < 1.29 is 9.59 Å². The van der Waals surface area contributed by atoms with Crippen LogP contribution >= 0.6 is 0 Å². The topological polar surface area (TPSA) is 122 Å². The van der Waals surface area contributed by atoms with Gasteiger partial charge in [-0.3, -0.25) is 4.79 Å². The van der Waals surface area contributed by atoms with Gasteiger partial charge in [-0.2, -0.15) is 5.26 Å². The number of urea groups is 1. The molecule has 0 aromatic heterocycles. The molecule has 0 aliphatic carbocycles. The Hall–Kier alpha value is -1.77. The van der Waals surface area contributed by atoms with Gasteiger partial charge in [0.15, 0.2) is 0 Å². The molecular formula is C6H10N4O2. The average molecular weight is 170 g/mol. The minimum atomic E-state index is -0.845. The highest BCUT2D eigenvalue weighted by atomic mass is 16.2. The van der Waals surface area contributed by atoms with Gasteiger partial charge >= 0.3 is 6.03 Å². The maximum atomic E-state index is 10.6. The fraction of sp³-hybridized carbons (Fsp3) is 0.500. The van der Waals surface area contributed by atoms with Gasteiger partial charge in [0.25, 0.3) is 0 Å². The van der Waals surface area contributed by atoms with E-state index in [2.05, 4.69) is 5.32 Å². The molecule has 1 atom stereocenters. The normalized spacial score (nSPS) is 11.2. The maximum absolute atomic E-state index is 10.6. The van der Waals surface area contributed by atoms with E-state index >= 15 is 0 Å². The van der Waals surface area contributed by atoms with Crippen LogP contribution in [0.4, 0.5) is 4.79 Å². The fourth-order valence-corrected chi connectivity index (χ4v) is 0.666. The molecule has 5 N–H and O–H groups in total. The lowest BCUT2D eigenvalue weighted by Crippen LogP contribution is -2.46. The minimum absolute atomic E-state index is 0.147. The number of nitrogens with one attached hydrogen (secondary N) is 1. The Bertz CT molecular complexity index is 220. The first kappa shape index (κ1) is 10.2. The van der Waals surface area contributed by atoms with Crippen LogP contribution in [0.5, 0.6) is 0 Å². The predicted octanol–water partition coefficient (Wildman–Crippen LogP) is -1.19. The van der Waals surface area contributed by atoms with E-state index in [0.29, 0.717) is 0 Å². The van der Waals surface area contributed by atoms with Crippen LogP contribution in [0.2, 0.25) is 0 Å². The zero-order valence-electron chi connectivity index (χ0n) is 6.41. The van der Waals surface area contributed by atoms with Crippen molar-refractivity contribution in [1.82, 2.24) is 5.32 Å². The Morgan fingerprint density at radius 3 is 2.42 bits per heavy atom. The molecule has 12 heavy (non-hydrogen) atoms. The predicted molar refractivity (Wildman–Crippen MR) is 40.5 cm³/mol. The Morgan fingerprint density at radius 2 is 2.08 bits per heavy atom. The van der Waals surface area contributed by atoms with Crippen molar-refractivity contribution in [3.8, 4) is 6.07 Å². The molecule has 0 saturated carbocycles. The van der Waals surface area contributed by atoms with E-state index in [-0.39, 0.29) is 12.8 Å². The molecular weight excluding hydrogens is 160 g/mol. The first-order valence-corrected chi connectivity index (χ1v) is 3.30. The van der Waals surface area contributed by atoms with Crippen LogP contribution in [0.1, 0.15) is 12.8 Å². The van der Waals surface area contributed by atoms with Gasteiger partial charge in [0.05, 0.1) is 6.07 Å². The summed E-state index contributed by atoms with van der Waals surface area (Å²) in [5.41, 5.74) is 9.67. The van der Waals surface area contributed by atoms with Crippen molar-refractivity contribution >= 4 is 11.9 Å². The average Bonchev–Trinajstić information content (AvgIpc) is 1.96. The van der Waals surface area contributed by atoms with Gasteiger partial charge < -0.3 is 16.8 Å². The van der Waals surface area contributed by atoms with Gasteiger partial charge in [0.1, 0.15) is 6.04 Å². The van der Waals surface area contributed by atoms with Crippen LogP contribution in [0.25, 0.3) is 0 Å². The lowest BCUT2D eigenvalue weighted by Gasteiger charge is -2.10. The molecule has 66 valence electrons. The molecule has 1 unspecified atom stereocenters.